The van der Waals surface area contributed by atoms with Crippen LogP contribution in [0.4, 0.5) is 0 Å². The summed E-state index contributed by atoms with van der Waals surface area (Å²) in [5, 5.41) is 9.41. The third kappa shape index (κ3) is 3.26. The quantitative estimate of drug-likeness (QED) is 0.187. The van der Waals surface area contributed by atoms with Crippen LogP contribution in [0.15, 0.2) is 5.16 Å². The first-order valence-corrected chi connectivity index (χ1v) is 2.02. The summed E-state index contributed by atoms with van der Waals surface area (Å²) in [4.78, 5) is 9.56. The lowest BCUT2D eigenvalue weighted by Gasteiger charge is -1.81. The summed E-state index contributed by atoms with van der Waals surface area (Å²) in [5.74, 6) is 0. The predicted molar refractivity (Wildman–Crippen MR) is 26.0 cm³/mol. The van der Waals surface area contributed by atoms with Gasteiger partial charge in [-0.15, -0.1) is 16.8 Å². The number of halogens is 1. The molecule has 7 heavy (non-hydrogen) atoms. The van der Waals surface area contributed by atoms with Crippen molar-refractivity contribution in [3.8, 4) is 0 Å². The van der Waals surface area contributed by atoms with E-state index in [1.807, 2.05) is 0 Å². The summed E-state index contributed by atoms with van der Waals surface area (Å²) in [6.45, 7) is 0. The van der Waals surface area contributed by atoms with Gasteiger partial charge >= 0.3 is 0 Å². The van der Waals surface area contributed by atoms with Gasteiger partial charge in [0.1, 0.15) is 11.7 Å². The third-order valence-electron chi connectivity index (χ3n) is 0.339. The Morgan fingerprint density at radius 2 is 2.43 bits per heavy atom. The molecule has 0 aliphatic heterocycles. The molecule has 40 valence electrons. The number of carbonyl (C=O) groups is 1. The van der Waals surface area contributed by atoms with Crippen molar-refractivity contribution in [3.63, 3.8) is 0 Å². The van der Waals surface area contributed by atoms with E-state index in [9.17, 15) is 4.79 Å². The van der Waals surface area contributed by atoms with E-state index in [4.69, 9.17) is 16.8 Å². The van der Waals surface area contributed by atoms with Gasteiger partial charge in [0.2, 0.25) is 0 Å². The van der Waals surface area contributed by atoms with Crippen molar-refractivity contribution in [2.24, 2.45) is 5.16 Å². The largest absolute Gasteiger partial charge is 0.411 e. The van der Waals surface area contributed by atoms with Crippen LogP contribution in [0, 0.1) is 0 Å². The van der Waals surface area contributed by atoms with E-state index in [0.29, 0.717) is 6.29 Å². The van der Waals surface area contributed by atoms with Crippen molar-refractivity contribution in [2.75, 3.05) is 0 Å². The highest BCUT2D eigenvalue weighted by atomic mass is 35.5. The van der Waals surface area contributed by atoms with E-state index >= 15 is 0 Å². The topological polar surface area (TPSA) is 49.7 Å². The van der Waals surface area contributed by atoms with E-state index < -0.39 is 5.38 Å². The molecule has 0 spiro atoms. The zero-order valence-corrected chi connectivity index (χ0v) is 4.17. The zero-order valence-electron chi connectivity index (χ0n) is 3.41. The number of aldehydes is 1. The first-order chi connectivity index (χ1) is 3.31. The van der Waals surface area contributed by atoms with Crippen molar-refractivity contribution < 1.29 is 10.0 Å². The molecule has 0 rings (SSSR count). The number of hydrogen-bond donors (Lipinski definition) is 1. The number of oxime groups is 1. The Bertz CT molecular complexity index is 83.0. The summed E-state index contributed by atoms with van der Waals surface area (Å²) >= 11 is 5.09. The fourth-order valence-corrected chi connectivity index (χ4v) is 0.149. The summed E-state index contributed by atoms with van der Waals surface area (Å²) in [5.41, 5.74) is 0. The molecule has 0 radical (unpaired) electrons. The van der Waals surface area contributed by atoms with Gasteiger partial charge in [0.15, 0.2) is 0 Å². The minimum Gasteiger partial charge on any atom is -0.411 e. The molecule has 0 amide bonds. The molecule has 0 fully saturated rings. The molecule has 0 saturated heterocycles. The Labute approximate surface area is 45.6 Å². The molecule has 0 aromatic rings. The molecule has 0 heterocycles. The van der Waals surface area contributed by atoms with E-state index in [2.05, 4.69) is 5.16 Å². The summed E-state index contributed by atoms with van der Waals surface area (Å²) in [7, 11) is 0. The molecule has 0 saturated carbocycles. The molecule has 1 unspecified atom stereocenters. The highest BCUT2D eigenvalue weighted by Gasteiger charge is 1.92. The maximum atomic E-state index is 9.56. The maximum Gasteiger partial charge on any atom is 0.143 e. The average Bonchev–Trinajstić information content (AvgIpc) is 1.68. The van der Waals surface area contributed by atoms with Crippen LogP contribution < -0.4 is 0 Å². The molecule has 0 aliphatic carbocycles. The van der Waals surface area contributed by atoms with Crippen LogP contribution in [0.2, 0.25) is 0 Å². The molecule has 0 aromatic carbocycles. The number of nitrogens with zero attached hydrogens (tertiary/aromatic N) is 1. The smallest absolute Gasteiger partial charge is 0.143 e. The lowest BCUT2D eigenvalue weighted by Crippen LogP contribution is -1.99. The molecule has 3 nitrogen and oxygen atoms in total. The van der Waals surface area contributed by atoms with E-state index in [1.54, 1.807) is 0 Å². The lowest BCUT2D eigenvalue weighted by molar-refractivity contribution is -0.106. The SMILES string of the molecule is O=CC(Cl)/C=N/O. The molecule has 0 bridgehead atoms. The zero-order chi connectivity index (χ0) is 5.70. The highest BCUT2D eigenvalue weighted by molar-refractivity contribution is 6.35. The second kappa shape index (κ2) is 3.61. The Morgan fingerprint density at radius 1 is 1.86 bits per heavy atom. The van der Waals surface area contributed by atoms with Crippen molar-refractivity contribution in [1.82, 2.24) is 0 Å². The van der Waals surface area contributed by atoms with Crippen LogP contribution in [0.25, 0.3) is 0 Å². The number of alkyl halides is 1. The van der Waals surface area contributed by atoms with Crippen molar-refractivity contribution in [1.29, 1.82) is 0 Å². The Balaban J connectivity index is 3.35. The van der Waals surface area contributed by atoms with Crippen molar-refractivity contribution in [3.05, 3.63) is 0 Å². The minimum absolute atomic E-state index is 0.460. The Hall–Kier alpha value is -0.570. The molecule has 1 atom stereocenters. The van der Waals surface area contributed by atoms with Crippen molar-refractivity contribution >= 4 is 24.1 Å². The fraction of sp³-hybridized carbons (Fsp3) is 0.333. The average molecular weight is 122 g/mol. The third-order valence-corrected chi connectivity index (χ3v) is 0.555. The fourth-order valence-electron chi connectivity index (χ4n) is 0.0988. The van der Waals surface area contributed by atoms with Gasteiger partial charge in [-0.1, -0.05) is 0 Å². The van der Waals surface area contributed by atoms with Crippen molar-refractivity contribution in [2.45, 2.75) is 5.38 Å². The molecule has 0 aromatic heterocycles. The maximum absolute atomic E-state index is 9.56. The standard InChI is InChI=1S/C3H4ClNO2/c4-3(2-6)1-5-7/h1-3,7H/b5-1+. The van der Waals surface area contributed by atoms with Gasteiger partial charge in [-0.25, -0.2) is 0 Å². The van der Waals surface area contributed by atoms with Crippen LogP contribution >= 0.6 is 11.6 Å². The second-order valence-electron chi connectivity index (χ2n) is 0.845. The van der Waals surface area contributed by atoms with E-state index in [1.165, 1.54) is 0 Å². The van der Waals surface area contributed by atoms with Gasteiger partial charge in [0.05, 0.1) is 6.21 Å². The number of carbonyl (C=O) groups excluding carboxylic acids is 1. The van der Waals surface area contributed by atoms with E-state index in [0.717, 1.165) is 6.21 Å². The van der Waals surface area contributed by atoms with Crippen LogP contribution in [0.5, 0.6) is 0 Å². The number of rotatable bonds is 2. The summed E-state index contributed by atoms with van der Waals surface area (Å²) < 4.78 is 0. The molecule has 4 heteroatoms. The van der Waals surface area contributed by atoms with Crippen LogP contribution in [-0.2, 0) is 4.79 Å². The molecular weight excluding hydrogens is 117 g/mol. The monoisotopic (exact) mass is 121 g/mol. The highest BCUT2D eigenvalue weighted by Crippen LogP contribution is 1.82. The van der Waals surface area contributed by atoms with Gasteiger partial charge in [-0.2, -0.15) is 0 Å². The van der Waals surface area contributed by atoms with Gasteiger partial charge in [-0.05, 0) is 0 Å². The van der Waals surface area contributed by atoms with Gasteiger partial charge < -0.3 is 10.0 Å². The number of hydrogen-bond acceptors (Lipinski definition) is 3. The Kier molecular flexibility index (Phi) is 3.32. The summed E-state index contributed by atoms with van der Waals surface area (Å²) in [6, 6.07) is 0. The molecular formula is C3H4ClNO2. The first-order valence-electron chi connectivity index (χ1n) is 1.58. The normalized spacial score (nSPS) is 14.4. The van der Waals surface area contributed by atoms with Gasteiger partial charge in [-0.3, -0.25) is 0 Å². The van der Waals surface area contributed by atoms with E-state index in [-0.39, 0.29) is 0 Å². The van der Waals surface area contributed by atoms with Crippen LogP contribution in [-0.4, -0.2) is 23.1 Å². The predicted octanol–water partition coefficient (Wildman–Crippen LogP) is 0.253. The van der Waals surface area contributed by atoms with Gasteiger partial charge in [0.25, 0.3) is 0 Å². The summed E-state index contributed by atoms with van der Waals surface area (Å²) in [6.07, 6.45) is 1.38. The molecule has 1 N–H and O–H groups in total. The first kappa shape index (κ1) is 6.43. The Morgan fingerprint density at radius 3 is 2.57 bits per heavy atom. The minimum atomic E-state index is -0.801. The lowest BCUT2D eigenvalue weighted by atomic mass is 10.5. The van der Waals surface area contributed by atoms with Crippen LogP contribution in [0.1, 0.15) is 0 Å². The van der Waals surface area contributed by atoms with Gasteiger partial charge in [0, 0.05) is 0 Å². The second-order valence-corrected chi connectivity index (χ2v) is 1.35. The van der Waals surface area contributed by atoms with Crippen LogP contribution in [0.3, 0.4) is 0 Å². The molecule has 0 aliphatic rings.